The van der Waals surface area contributed by atoms with Crippen LogP contribution in [0.3, 0.4) is 0 Å². The number of fused-ring (bicyclic) bond motifs is 1. The van der Waals surface area contributed by atoms with Crippen LogP contribution >= 0.6 is 0 Å². The molecule has 0 bridgehead atoms. The monoisotopic (exact) mass is 512 g/mol. The summed E-state index contributed by atoms with van der Waals surface area (Å²) in [6.45, 7) is 5.42. The highest BCUT2D eigenvalue weighted by Crippen LogP contribution is 2.25. The van der Waals surface area contributed by atoms with Gasteiger partial charge in [0, 0.05) is 36.2 Å². The zero-order valence-electron chi connectivity index (χ0n) is 21.8. The van der Waals surface area contributed by atoms with Gasteiger partial charge in [-0.25, -0.2) is 4.98 Å². The molecule has 0 fully saturated rings. The van der Waals surface area contributed by atoms with E-state index in [1.165, 1.54) is 0 Å². The van der Waals surface area contributed by atoms with Crippen LogP contribution in [0.2, 0.25) is 0 Å². The van der Waals surface area contributed by atoms with Gasteiger partial charge in [-0.3, -0.25) is 4.79 Å². The third-order valence-corrected chi connectivity index (χ3v) is 6.24. The smallest absolute Gasteiger partial charge is 0.252 e. The fourth-order valence-electron chi connectivity index (χ4n) is 4.40. The van der Waals surface area contributed by atoms with Crippen LogP contribution in [0.15, 0.2) is 67.0 Å². The molecule has 1 amide bonds. The predicted octanol–water partition coefficient (Wildman–Crippen LogP) is 4.44. The second-order valence-electron chi connectivity index (χ2n) is 9.57. The molecular weight excluding hydrogens is 480 g/mol. The lowest BCUT2D eigenvalue weighted by molar-refractivity contribution is 0.0930. The molecule has 2 heterocycles. The van der Waals surface area contributed by atoms with Crippen LogP contribution in [0.4, 0.5) is 0 Å². The van der Waals surface area contributed by atoms with Gasteiger partial charge < -0.3 is 24.7 Å². The molecule has 196 valence electrons. The molecule has 0 aliphatic heterocycles. The van der Waals surface area contributed by atoms with E-state index in [1.54, 1.807) is 25.1 Å². The third kappa shape index (κ3) is 6.20. The van der Waals surface area contributed by atoms with E-state index in [2.05, 4.69) is 11.4 Å². The number of imidazole rings is 1. The van der Waals surface area contributed by atoms with Gasteiger partial charge in [0.15, 0.2) is 0 Å². The summed E-state index contributed by atoms with van der Waals surface area (Å²) in [4.78, 5) is 17.7. The summed E-state index contributed by atoms with van der Waals surface area (Å²) in [5, 5.41) is 32.2. The molecule has 0 spiro atoms. The van der Waals surface area contributed by atoms with Crippen molar-refractivity contribution in [3.8, 4) is 23.1 Å². The molecule has 0 saturated carbocycles. The number of nitrogens with one attached hydrogen (secondary N) is 1. The first-order chi connectivity index (χ1) is 18.3. The maximum absolute atomic E-state index is 13.0. The number of pyridine rings is 1. The Morgan fingerprint density at radius 2 is 1.92 bits per heavy atom. The quantitative estimate of drug-likeness (QED) is 0.289. The maximum atomic E-state index is 13.0. The highest BCUT2D eigenvalue weighted by atomic mass is 16.5. The van der Waals surface area contributed by atoms with E-state index in [-0.39, 0.29) is 35.8 Å². The summed E-state index contributed by atoms with van der Waals surface area (Å²) < 4.78 is 7.53. The number of rotatable bonds is 10. The molecule has 4 rings (SSSR count). The molecule has 0 unspecified atom stereocenters. The number of aliphatic hydroxyl groups is 2. The van der Waals surface area contributed by atoms with Crippen molar-refractivity contribution < 1.29 is 19.7 Å². The number of hydrogen-bond donors (Lipinski definition) is 3. The lowest BCUT2D eigenvalue weighted by atomic mass is 10.0. The Bertz CT molecular complexity index is 1450. The number of benzene rings is 2. The number of carbonyl (C=O) groups excluding carboxylic acids is 1. The van der Waals surface area contributed by atoms with Gasteiger partial charge in [-0.15, -0.1) is 0 Å². The lowest BCUT2D eigenvalue weighted by Crippen LogP contribution is -2.37. The fraction of sp³-hybridized carbons (Fsp3) is 0.300. The largest absolute Gasteiger partial charge is 0.491 e. The first-order valence-electron chi connectivity index (χ1n) is 12.7. The summed E-state index contributed by atoms with van der Waals surface area (Å²) in [6, 6.07) is 18.2. The maximum Gasteiger partial charge on any atom is 0.252 e. The Balaban J connectivity index is 1.48. The van der Waals surface area contributed by atoms with Gasteiger partial charge in [-0.1, -0.05) is 30.3 Å². The minimum absolute atomic E-state index is 0.0454. The van der Waals surface area contributed by atoms with Gasteiger partial charge in [0.05, 0.1) is 29.0 Å². The summed E-state index contributed by atoms with van der Waals surface area (Å²) in [5.74, 6) is 0.166. The molecule has 4 aromatic rings. The summed E-state index contributed by atoms with van der Waals surface area (Å²) in [7, 11) is 0. The van der Waals surface area contributed by atoms with E-state index < -0.39 is 6.10 Å². The van der Waals surface area contributed by atoms with Crippen molar-refractivity contribution in [1.29, 1.82) is 5.26 Å². The van der Waals surface area contributed by atoms with Gasteiger partial charge >= 0.3 is 0 Å². The standard InChI is InChI=1S/C30H32N4O4/c1-19(2)38-25-10-11-27(23(16-25)17-31)30(37)32-24(12-14-35)15-21-6-8-22(9-7-21)28-18-34-13-4-5-26(20(3)36)29(34)33-28/h4-11,13,16,18-20,24,35-36H,12,14-15H2,1-3H3,(H,32,37)/t20-,24-/m1/s1. The normalized spacial score (nSPS) is 12.8. The molecule has 38 heavy (non-hydrogen) atoms. The minimum atomic E-state index is -0.620. The minimum Gasteiger partial charge on any atom is -0.491 e. The number of nitriles is 1. The predicted molar refractivity (Wildman–Crippen MR) is 145 cm³/mol. The Kier molecular flexibility index (Phi) is 8.41. The van der Waals surface area contributed by atoms with Crippen LogP contribution in [-0.2, 0) is 6.42 Å². The highest BCUT2D eigenvalue weighted by molar-refractivity contribution is 5.97. The first kappa shape index (κ1) is 26.9. The highest BCUT2D eigenvalue weighted by Gasteiger charge is 2.18. The number of aromatic nitrogens is 2. The van der Waals surface area contributed by atoms with Gasteiger partial charge in [-0.05, 0) is 63.4 Å². The van der Waals surface area contributed by atoms with Gasteiger partial charge in [0.1, 0.15) is 17.5 Å². The average Bonchev–Trinajstić information content (AvgIpc) is 3.33. The van der Waals surface area contributed by atoms with Gasteiger partial charge in [0.25, 0.3) is 5.91 Å². The van der Waals surface area contributed by atoms with Crippen LogP contribution in [0.5, 0.6) is 5.75 Å². The van der Waals surface area contributed by atoms with Crippen LogP contribution < -0.4 is 10.1 Å². The van der Waals surface area contributed by atoms with Gasteiger partial charge in [-0.2, -0.15) is 5.26 Å². The molecule has 0 aliphatic rings. The van der Waals surface area contributed by atoms with Crippen molar-refractivity contribution >= 4 is 11.6 Å². The van der Waals surface area contributed by atoms with Crippen molar-refractivity contribution in [3.05, 3.63) is 89.2 Å². The van der Waals surface area contributed by atoms with Crippen molar-refractivity contribution in [1.82, 2.24) is 14.7 Å². The Hall–Kier alpha value is -4.19. The van der Waals surface area contributed by atoms with Crippen molar-refractivity contribution in [2.45, 2.75) is 51.9 Å². The molecule has 2 aromatic carbocycles. The third-order valence-electron chi connectivity index (χ3n) is 6.24. The average molecular weight is 513 g/mol. The van der Waals surface area contributed by atoms with Crippen molar-refractivity contribution in [2.24, 2.45) is 0 Å². The number of carbonyl (C=O) groups is 1. The van der Waals surface area contributed by atoms with E-state index in [9.17, 15) is 20.3 Å². The first-order valence-corrected chi connectivity index (χ1v) is 12.7. The molecule has 8 nitrogen and oxygen atoms in total. The van der Waals surface area contributed by atoms with E-state index in [0.717, 1.165) is 22.4 Å². The second kappa shape index (κ2) is 11.9. The molecule has 3 N–H and O–H groups in total. The molecule has 0 aliphatic carbocycles. The number of hydrogen-bond acceptors (Lipinski definition) is 6. The van der Waals surface area contributed by atoms with Crippen LogP contribution in [0, 0.1) is 11.3 Å². The fourth-order valence-corrected chi connectivity index (χ4v) is 4.40. The Labute approximate surface area is 222 Å². The SMILES string of the molecule is CC(C)Oc1ccc(C(=O)N[C@H](CCO)Cc2ccc(-c3cn4cccc([C@@H](C)O)c4n3)cc2)c(C#N)c1. The van der Waals surface area contributed by atoms with E-state index >= 15 is 0 Å². The van der Waals surface area contributed by atoms with Gasteiger partial charge in [0.2, 0.25) is 0 Å². The van der Waals surface area contributed by atoms with Crippen LogP contribution in [0.25, 0.3) is 16.9 Å². The number of aliphatic hydroxyl groups excluding tert-OH is 2. The number of amides is 1. The molecule has 0 radical (unpaired) electrons. The van der Waals surface area contributed by atoms with E-state index in [4.69, 9.17) is 9.72 Å². The Morgan fingerprint density at radius 3 is 2.58 bits per heavy atom. The van der Waals surface area contributed by atoms with Crippen molar-refractivity contribution in [2.75, 3.05) is 6.61 Å². The van der Waals surface area contributed by atoms with E-state index in [0.29, 0.717) is 24.2 Å². The summed E-state index contributed by atoms with van der Waals surface area (Å²) >= 11 is 0. The summed E-state index contributed by atoms with van der Waals surface area (Å²) in [6.07, 6.45) is 4.05. The zero-order chi connectivity index (χ0) is 27.2. The van der Waals surface area contributed by atoms with Crippen molar-refractivity contribution in [3.63, 3.8) is 0 Å². The number of nitrogens with zero attached hydrogens (tertiary/aromatic N) is 3. The molecule has 0 saturated heterocycles. The molecule has 8 heteroatoms. The summed E-state index contributed by atoms with van der Waals surface area (Å²) in [5.41, 5.74) is 4.69. The Morgan fingerprint density at radius 1 is 1.16 bits per heavy atom. The lowest BCUT2D eigenvalue weighted by Gasteiger charge is -2.19. The van der Waals surface area contributed by atoms with E-state index in [1.807, 2.05) is 67.0 Å². The zero-order valence-corrected chi connectivity index (χ0v) is 21.8. The molecule has 2 atom stereocenters. The van der Waals surface area contributed by atoms with Crippen LogP contribution in [0.1, 0.15) is 60.3 Å². The topological polar surface area (TPSA) is 120 Å². The van der Waals surface area contributed by atoms with Crippen LogP contribution in [-0.4, -0.2) is 44.3 Å². The molecule has 2 aromatic heterocycles. The second-order valence-corrected chi connectivity index (χ2v) is 9.57. The molecular formula is C30H32N4O4. The number of ether oxygens (including phenoxy) is 1.